The van der Waals surface area contributed by atoms with Gasteiger partial charge in [-0.3, -0.25) is 0 Å². The topological polar surface area (TPSA) is 49.4 Å². The molecule has 1 aromatic heterocycles. The van der Waals surface area contributed by atoms with E-state index in [1.165, 1.54) is 50.7 Å². The zero-order valence-electron chi connectivity index (χ0n) is 19.8. The van der Waals surface area contributed by atoms with Crippen LogP contribution in [0.3, 0.4) is 0 Å². The monoisotopic (exact) mass is 476 g/mol. The smallest absolute Gasteiger partial charge is 0.219 e. The second kappa shape index (κ2) is 12.0. The first-order valence-corrected chi connectivity index (χ1v) is 12.4. The number of benzene rings is 1. The second-order valence-electron chi connectivity index (χ2n) is 9.48. The molecule has 2 fully saturated rings. The molecule has 1 aliphatic carbocycles. The molecule has 0 amide bonds. The number of nitrogens with one attached hydrogen (secondary N) is 2. The minimum Gasteiger partial charge on any atom is -0.485 e. The number of ether oxygens (including phenoxy) is 1. The van der Waals surface area contributed by atoms with Crippen molar-refractivity contribution < 1.29 is 17.9 Å². The molecule has 0 spiro atoms. The lowest BCUT2D eigenvalue weighted by Gasteiger charge is -2.32. The second-order valence-corrected chi connectivity index (χ2v) is 9.48. The SMILES string of the molecule is CNCCCN1CCC(CCNC2CC2c2cc(F)cc(F)c2OCc2cccnc2F)CC1. The number of piperidine rings is 1. The van der Waals surface area contributed by atoms with Crippen LogP contribution in [0.25, 0.3) is 0 Å². The van der Waals surface area contributed by atoms with Crippen LogP contribution in [-0.2, 0) is 6.61 Å². The molecule has 1 aliphatic heterocycles. The number of rotatable bonds is 12. The summed E-state index contributed by atoms with van der Waals surface area (Å²) in [6.07, 6.45) is 6.92. The lowest BCUT2D eigenvalue weighted by molar-refractivity contribution is 0.177. The van der Waals surface area contributed by atoms with Crippen LogP contribution in [0.4, 0.5) is 13.2 Å². The molecule has 2 atom stereocenters. The van der Waals surface area contributed by atoms with Crippen LogP contribution in [-0.4, -0.2) is 55.7 Å². The van der Waals surface area contributed by atoms with Gasteiger partial charge in [0.25, 0.3) is 0 Å². The first-order valence-electron chi connectivity index (χ1n) is 12.4. The van der Waals surface area contributed by atoms with E-state index in [2.05, 4.69) is 20.5 Å². The van der Waals surface area contributed by atoms with E-state index < -0.39 is 17.6 Å². The molecule has 2 aliphatic rings. The Morgan fingerprint density at radius 1 is 1.15 bits per heavy atom. The molecule has 0 bridgehead atoms. The normalized spacial score (nSPS) is 21.1. The molecule has 4 rings (SSSR count). The highest BCUT2D eigenvalue weighted by Crippen LogP contribution is 2.46. The fourth-order valence-electron chi connectivity index (χ4n) is 4.90. The van der Waals surface area contributed by atoms with Gasteiger partial charge in [0.15, 0.2) is 11.6 Å². The Morgan fingerprint density at radius 3 is 2.74 bits per heavy atom. The van der Waals surface area contributed by atoms with Crippen LogP contribution in [0.2, 0.25) is 0 Å². The van der Waals surface area contributed by atoms with Crippen LogP contribution >= 0.6 is 0 Å². The highest BCUT2D eigenvalue weighted by molar-refractivity contribution is 5.42. The van der Waals surface area contributed by atoms with Gasteiger partial charge in [0.05, 0.1) is 0 Å². The number of hydrogen-bond donors (Lipinski definition) is 2. The van der Waals surface area contributed by atoms with E-state index in [-0.39, 0.29) is 29.9 Å². The quantitative estimate of drug-likeness (QED) is 0.355. The minimum atomic E-state index is -0.758. The predicted molar refractivity (Wildman–Crippen MR) is 126 cm³/mol. The molecular weight excluding hydrogens is 441 g/mol. The average Bonchev–Trinajstić information content (AvgIpc) is 3.60. The molecule has 34 heavy (non-hydrogen) atoms. The van der Waals surface area contributed by atoms with Crippen LogP contribution in [0.5, 0.6) is 5.75 Å². The number of aromatic nitrogens is 1. The van der Waals surface area contributed by atoms with Crippen molar-refractivity contribution >= 4 is 0 Å². The summed E-state index contributed by atoms with van der Waals surface area (Å²) in [5.41, 5.74) is 0.741. The largest absolute Gasteiger partial charge is 0.485 e. The fourth-order valence-corrected chi connectivity index (χ4v) is 4.90. The summed E-state index contributed by atoms with van der Waals surface area (Å²) in [6, 6.07) is 5.47. The van der Waals surface area contributed by atoms with Gasteiger partial charge in [-0.05, 0) is 96.0 Å². The average molecular weight is 477 g/mol. The van der Waals surface area contributed by atoms with Gasteiger partial charge in [0.1, 0.15) is 12.4 Å². The summed E-state index contributed by atoms with van der Waals surface area (Å²) in [5.74, 6) is -1.31. The molecule has 186 valence electrons. The summed E-state index contributed by atoms with van der Waals surface area (Å²) in [7, 11) is 1.99. The molecule has 1 saturated heterocycles. The molecule has 1 aromatic carbocycles. The number of halogens is 3. The van der Waals surface area contributed by atoms with Gasteiger partial charge < -0.3 is 20.3 Å². The maximum Gasteiger partial charge on any atom is 0.219 e. The van der Waals surface area contributed by atoms with E-state index in [0.29, 0.717) is 5.56 Å². The molecule has 2 aromatic rings. The van der Waals surface area contributed by atoms with Gasteiger partial charge in [0.2, 0.25) is 5.95 Å². The van der Waals surface area contributed by atoms with Crippen LogP contribution in [0, 0.1) is 23.5 Å². The van der Waals surface area contributed by atoms with Gasteiger partial charge >= 0.3 is 0 Å². The molecule has 1 saturated carbocycles. The first-order chi connectivity index (χ1) is 16.5. The molecule has 8 heteroatoms. The Kier molecular flexibility index (Phi) is 8.80. The van der Waals surface area contributed by atoms with E-state index in [9.17, 15) is 13.2 Å². The van der Waals surface area contributed by atoms with Crippen molar-refractivity contribution in [1.82, 2.24) is 20.5 Å². The number of likely N-dealkylation sites (tertiary alicyclic amines) is 1. The number of pyridine rings is 1. The summed E-state index contributed by atoms with van der Waals surface area (Å²) in [5, 5.41) is 6.76. The molecule has 5 nitrogen and oxygen atoms in total. The van der Waals surface area contributed by atoms with Crippen molar-refractivity contribution in [3.8, 4) is 5.75 Å². The maximum absolute atomic E-state index is 14.6. The van der Waals surface area contributed by atoms with E-state index in [0.717, 1.165) is 44.5 Å². The predicted octanol–water partition coefficient (Wildman–Crippen LogP) is 4.24. The summed E-state index contributed by atoms with van der Waals surface area (Å²) < 4.78 is 48.0. The Balaban J connectivity index is 1.25. The van der Waals surface area contributed by atoms with Crippen molar-refractivity contribution in [1.29, 1.82) is 0 Å². The molecule has 2 N–H and O–H groups in total. The van der Waals surface area contributed by atoms with Crippen LogP contribution < -0.4 is 15.4 Å². The zero-order valence-corrected chi connectivity index (χ0v) is 19.8. The molecular formula is C26H35F3N4O. The van der Waals surface area contributed by atoms with E-state index >= 15 is 0 Å². The van der Waals surface area contributed by atoms with Crippen LogP contribution in [0.1, 0.15) is 49.1 Å². The van der Waals surface area contributed by atoms with Crippen molar-refractivity contribution in [3.05, 3.63) is 59.2 Å². The summed E-state index contributed by atoms with van der Waals surface area (Å²) in [6.45, 7) is 5.31. The van der Waals surface area contributed by atoms with Gasteiger partial charge in [-0.2, -0.15) is 4.39 Å². The van der Waals surface area contributed by atoms with Crippen molar-refractivity contribution in [2.45, 2.75) is 50.7 Å². The summed E-state index contributed by atoms with van der Waals surface area (Å²) >= 11 is 0. The molecule has 2 heterocycles. The number of hydrogen-bond acceptors (Lipinski definition) is 5. The zero-order chi connectivity index (χ0) is 23.9. The lowest BCUT2D eigenvalue weighted by atomic mass is 9.93. The third kappa shape index (κ3) is 6.71. The Morgan fingerprint density at radius 2 is 1.97 bits per heavy atom. The minimum absolute atomic E-state index is 0.00426. The van der Waals surface area contributed by atoms with E-state index in [1.807, 2.05) is 7.05 Å². The highest BCUT2D eigenvalue weighted by Gasteiger charge is 2.41. The molecule has 0 radical (unpaired) electrons. The van der Waals surface area contributed by atoms with Gasteiger partial charge in [-0.1, -0.05) is 0 Å². The maximum atomic E-state index is 14.6. The number of nitrogens with zero attached hydrogens (tertiary/aromatic N) is 2. The van der Waals surface area contributed by atoms with Gasteiger partial charge in [0, 0.05) is 35.3 Å². The Labute approximate surface area is 200 Å². The van der Waals surface area contributed by atoms with Crippen molar-refractivity contribution in [3.63, 3.8) is 0 Å². The standard InChI is InChI=1S/C26H35F3N4O/c1-30-8-3-11-33-12-6-18(7-13-33)5-10-31-24-16-21(24)22-14-20(27)15-23(28)25(22)34-17-19-4-2-9-32-26(19)29/h2,4,9,14-15,18,21,24,30-31H,3,5-8,10-13,16-17H2,1H3. The summed E-state index contributed by atoms with van der Waals surface area (Å²) in [4.78, 5) is 6.14. The van der Waals surface area contributed by atoms with Crippen LogP contribution in [0.15, 0.2) is 30.5 Å². The van der Waals surface area contributed by atoms with E-state index in [4.69, 9.17) is 4.74 Å². The third-order valence-electron chi connectivity index (χ3n) is 7.00. The van der Waals surface area contributed by atoms with Crippen molar-refractivity contribution in [2.24, 2.45) is 5.92 Å². The van der Waals surface area contributed by atoms with Crippen molar-refractivity contribution in [2.75, 3.05) is 39.8 Å². The lowest BCUT2D eigenvalue weighted by Crippen LogP contribution is -2.36. The fraction of sp³-hybridized carbons (Fsp3) is 0.577. The van der Waals surface area contributed by atoms with Gasteiger partial charge in [-0.25, -0.2) is 13.8 Å². The third-order valence-corrected chi connectivity index (χ3v) is 7.00. The molecule has 2 unspecified atom stereocenters. The highest BCUT2D eigenvalue weighted by atomic mass is 19.1. The van der Waals surface area contributed by atoms with Gasteiger partial charge in [-0.15, -0.1) is 0 Å². The Bertz CT molecular complexity index is 936. The van der Waals surface area contributed by atoms with E-state index in [1.54, 1.807) is 6.07 Å². The Hall–Kier alpha value is -2.16. The first kappa shape index (κ1) is 24.9.